The molecule has 0 aromatic carbocycles. The fraction of sp³-hybridized carbons (Fsp3) is 1.00. The second-order valence-corrected chi connectivity index (χ2v) is 5.82. The third-order valence-corrected chi connectivity index (χ3v) is 4.49. The average molecular weight is 211 g/mol. The lowest BCUT2D eigenvalue weighted by molar-refractivity contribution is -0.931. The molecule has 2 nitrogen and oxygen atoms in total. The van der Waals surface area contributed by atoms with Crippen LogP contribution in [0.25, 0.3) is 0 Å². The topological polar surface area (TPSA) is 3.24 Å². The second-order valence-electron chi connectivity index (χ2n) is 5.82. The van der Waals surface area contributed by atoms with Crippen molar-refractivity contribution in [3.8, 4) is 0 Å². The summed E-state index contributed by atoms with van der Waals surface area (Å²) in [6.07, 6.45) is 5.72. The van der Waals surface area contributed by atoms with Crippen molar-refractivity contribution in [1.29, 1.82) is 0 Å². The number of hydrogen-bond acceptors (Lipinski definition) is 1. The van der Waals surface area contributed by atoms with Gasteiger partial charge in [0.15, 0.2) is 0 Å². The van der Waals surface area contributed by atoms with E-state index in [0.29, 0.717) is 0 Å². The van der Waals surface area contributed by atoms with Gasteiger partial charge in [0.25, 0.3) is 0 Å². The van der Waals surface area contributed by atoms with Crippen LogP contribution in [0.4, 0.5) is 0 Å². The largest absolute Gasteiger partial charge is 0.308 e. The van der Waals surface area contributed by atoms with Crippen LogP contribution in [0, 0.1) is 0 Å². The van der Waals surface area contributed by atoms with Crippen LogP contribution >= 0.6 is 0 Å². The van der Waals surface area contributed by atoms with E-state index >= 15 is 0 Å². The van der Waals surface area contributed by atoms with Gasteiger partial charge < -0.3 is 4.48 Å². The van der Waals surface area contributed by atoms with Crippen LogP contribution in [0.1, 0.15) is 46.5 Å². The van der Waals surface area contributed by atoms with Gasteiger partial charge in [0.1, 0.15) is 12.7 Å². The summed E-state index contributed by atoms with van der Waals surface area (Å²) in [6.45, 7) is 12.6. The Balaban J connectivity index is 2.07. The molecule has 15 heavy (non-hydrogen) atoms. The molecule has 1 atom stereocenters. The first kappa shape index (κ1) is 11.4. The maximum atomic E-state index is 2.70. The molecule has 2 fully saturated rings. The molecule has 0 radical (unpaired) electrons. The molecule has 88 valence electrons. The van der Waals surface area contributed by atoms with Crippen molar-refractivity contribution in [3.05, 3.63) is 0 Å². The van der Waals surface area contributed by atoms with Crippen molar-refractivity contribution in [2.45, 2.75) is 58.5 Å². The molecule has 0 aromatic heterocycles. The summed E-state index contributed by atoms with van der Waals surface area (Å²) in [5.74, 6) is 0. The van der Waals surface area contributed by atoms with Gasteiger partial charge in [-0.15, -0.1) is 0 Å². The molecule has 0 N–H and O–H groups in total. The van der Waals surface area contributed by atoms with Gasteiger partial charge in [0, 0.05) is 25.3 Å². The van der Waals surface area contributed by atoms with Crippen LogP contribution in [0.5, 0.6) is 0 Å². The van der Waals surface area contributed by atoms with Crippen LogP contribution in [0.3, 0.4) is 0 Å². The summed E-state index contributed by atoms with van der Waals surface area (Å²) in [6, 6.07) is 1.68. The first-order valence-electron chi connectivity index (χ1n) is 6.78. The number of hydrogen-bond donors (Lipinski definition) is 0. The van der Waals surface area contributed by atoms with Gasteiger partial charge in [-0.1, -0.05) is 13.3 Å². The van der Waals surface area contributed by atoms with E-state index in [0.717, 1.165) is 12.1 Å². The van der Waals surface area contributed by atoms with Gasteiger partial charge in [0.05, 0.1) is 19.6 Å². The van der Waals surface area contributed by atoms with E-state index in [1.807, 2.05) is 0 Å². The van der Waals surface area contributed by atoms with Crippen LogP contribution < -0.4 is 0 Å². The lowest BCUT2D eigenvalue weighted by Gasteiger charge is -2.35. The van der Waals surface area contributed by atoms with Crippen molar-refractivity contribution >= 4 is 0 Å². The van der Waals surface area contributed by atoms with Crippen molar-refractivity contribution in [1.82, 2.24) is 4.90 Å². The monoisotopic (exact) mass is 211 g/mol. The van der Waals surface area contributed by atoms with Gasteiger partial charge in [-0.2, -0.15) is 0 Å². The quantitative estimate of drug-likeness (QED) is 0.648. The van der Waals surface area contributed by atoms with Crippen LogP contribution in [0.15, 0.2) is 0 Å². The molecule has 2 aliphatic heterocycles. The molecule has 2 saturated heterocycles. The smallest absolute Gasteiger partial charge is 0.135 e. The lowest BCUT2D eigenvalue weighted by atomic mass is 10.1. The Morgan fingerprint density at radius 3 is 2.47 bits per heavy atom. The number of rotatable bonds is 3. The Labute approximate surface area is 94.8 Å². The normalized spacial score (nSPS) is 30.8. The fourth-order valence-corrected chi connectivity index (χ4v) is 3.52. The first-order valence-corrected chi connectivity index (χ1v) is 6.78. The number of nitrogens with zero attached hydrogens (tertiary/aromatic N) is 2. The Kier molecular flexibility index (Phi) is 3.36. The van der Waals surface area contributed by atoms with Crippen molar-refractivity contribution in [2.24, 2.45) is 0 Å². The third kappa shape index (κ3) is 2.07. The van der Waals surface area contributed by atoms with E-state index in [1.165, 1.54) is 56.5 Å². The molecule has 1 spiro atoms. The van der Waals surface area contributed by atoms with Gasteiger partial charge in [-0.25, -0.2) is 4.90 Å². The van der Waals surface area contributed by atoms with Gasteiger partial charge in [0.2, 0.25) is 0 Å². The summed E-state index contributed by atoms with van der Waals surface area (Å²) in [7, 11) is 0. The molecule has 2 rings (SSSR count). The zero-order valence-corrected chi connectivity index (χ0v) is 10.7. The number of quaternary nitrogens is 1. The maximum absolute atomic E-state index is 2.70. The second kappa shape index (κ2) is 4.42. The van der Waals surface area contributed by atoms with E-state index in [-0.39, 0.29) is 0 Å². The summed E-state index contributed by atoms with van der Waals surface area (Å²) in [4.78, 5) is 2.70. The van der Waals surface area contributed by atoms with E-state index in [1.54, 1.807) is 0 Å². The SMILES string of the molecule is CCCC1CN(C(C)C)C[N+]12CCCC2. The predicted molar refractivity (Wildman–Crippen MR) is 64.6 cm³/mol. The van der Waals surface area contributed by atoms with Gasteiger partial charge >= 0.3 is 0 Å². The fourth-order valence-electron chi connectivity index (χ4n) is 3.52. The summed E-state index contributed by atoms with van der Waals surface area (Å²) in [5.41, 5.74) is 0. The minimum atomic E-state index is 0.738. The Morgan fingerprint density at radius 2 is 1.93 bits per heavy atom. The average Bonchev–Trinajstić information content (AvgIpc) is 2.78. The molecule has 0 saturated carbocycles. The Hall–Kier alpha value is -0.0800. The molecule has 0 aliphatic carbocycles. The highest BCUT2D eigenvalue weighted by molar-refractivity contribution is 4.77. The van der Waals surface area contributed by atoms with Crippen LogP contribution in [-0.2, 0) is 0 Å². The summed E-state index contributed by atoms with van der Waals surface area (Å²) >= 11 is 0. The predicted octanol–water partition coefficient (Wildman–Crippen LogP) is 2.45. The molecule has 0 aromatic rings. The standard InChI is InChI=1S/C13H27N2/c1-4-7-13-10-14(12(2)3)11-15(13)8-5-6-9-15/h12-13H,4-11H2,1-3H3/q+1. The third-order valence-electron chi connectivity index (χ3n) is 4.49. The molecule has 2 heterocycles. The Bertz CT molecular complexity index is 207. The van der Waals surface area contributed by atoms with E-state index < -0.39 is 0 Å². The minimum absolute atomic E-state index is 0.738. The first-order chi connectivity index (χ1) is 7.18. The van der Waals surface area contributed by atoms with Crippen LogP contribution in [-0.4, -0.2) is 47.8 Å². The van der Waals surface area contributed by atoms with Gasteiger partial charge in [-0.05, 0) is 13.8 Å². The van der Waals surface area contributed by atoms with E-state index in [4.69, 9.17) is 0 Å². The highest BCUT2D eigenvalue weighted by atomic mass is 15.5. The lowest BCUT2D eigenvalue weighted by Crippen LogP contribution is -2.50. The molecule has 2 aliphatic rings. The molecule has 0 amide bonds. The van der Waals surface area contributed by atoms with Crippen LogP contribution in [0.2, 0.25) is 0 Å². The van der Waals surface area contributed by atoms with Crippen molar-refractivity contribution < 1.29 is 4.48 Å². The molecule has 0 bridgehead atoms. The highest BCUT2D eigenvalue weighted by Crippen LogP contribution is 2.33. The molecular weight excluding hydrogens is 184 g/mol. The zero-order valence-electron chi connectivity index (χ0n) is 10.7. The van der Waals surface area contributed by atoms with Crippen molar-refractivity contribution in [3.63, 3.8) is 0 Å². The molecular formula is C13H27N2+. The molecule has 2 heteroatoms. The Morgan fingerprint density at radius 1 is 1.27 bits per heavy atom. The zero-order chi connectivity index (χ0) is 10.9. The maximum Gasteiger partial charge on any atom is 0.135 e. The highest BCUT2D eigenvalue weighted by Gasteiger charge is 2.47. The van der Waals surface area contributed by atoms with E-state index in [2.05, 4.69) is 25.7 Å². The minimum Gasteiger partial charge on any atom is -0.308 e. The van der Waals surface area contributed by atoms with Crippen molar-refractivity contribution in [2.75, 3.05) is 26.3 Å². The summed E-state index contributed by atoms with van der Waals surface area (Å²) in [5, 5.41) is 0. The molecule has 1 unspecified atom stereocenters. The van der Waals surface area contributed by atoms with E-state index in [9.17, 15) is 0 Å². The summed E-state index contributed by atoms with van der Waals surface area (Å²) < 4.78 is 1.44. The van der Waals surface area contributed by atoms with Gasteiger partial charge in [-0.3, -0.25) is 0 Å².